The predicted molar refractivity (Wildman–Crippen MR) is 119 cm³/mol. The van der Waals surface area contributed by atoms with Crippen LogP contribution in [0, 0.1) is 6.92 Å². The van der Waals surface area contributed by atoms with Crippen LogP contribution in [0.15, 0.2) is 42.7 Å². The molecule has 0 spiro atoms. The van der Waals surface area contributed by atoms with Gasteiger partial charge in [-0.3, -0.25) is 10.00 Å². The van der Waals surface area contributed by atoms with Gasteiger partial charge in [-0.1, -0.05) is 17.7 Å². The van der Waals surface area contributed by atoms with E-state index in [9.17, 15) is 4.79 Å². The van der Waals surface area contributed by atoms with Crippen LogP contribution in [0.4, 0.5) is 10.6 Å². The molecular formula is C22H22ClN5O3. The number of hydrogen-bond acceptors (Lipinski definition) is 5. The summed E-state index contributed by atoms with van der Waals surface area (Å²) in [4.78, 5) is 16.8. The van der Waals surface area contributed by atoms with Gasteiger partial charge in [0.25, 0.3) is 0 Å². The Labute approximate surface area is 184 Å². The SMILES string of the molecule is COc1cc(Cl)ccc1-c1nn(C)c(NC(=O)OCc2ccc3c(c2)ncn3C)c1C. The molecule has 160 valence electrons. The van der Waals surface area contributed by atoms with Crippen LogP contribution in [0.1, 0.15) is 11.1 Å². The first-order valence-electron chi connectivity index (χ1n) is 9.58. The van der Waals surface area contributed by atoms with Gasteiger partial charge in [0.05, 0.1) is 24.5 Å². The van der Waals surface area contributed by atoms with E-state index in [1.807, 2.05) is 42.8 Å². The summed E-state index contributed by atoms with van der Waals surface area (Å²) in [6.07, 6.45) is 1.18. The van der Waals surface area contributed by atoms with Gasteiger partial charge in [-0.05, 0) is 42.8 Å². The maximum atomic E-state index is 12.4. The number of nitrogens with one attached hydrogen (secondary N) is 1. The summed E-state index contributed by atoms with van der Waals surface area (Å²) >= 11 is 6.06. The molecule has 2 aromatic carbocycles. The lowest BCUT2D eigenvalue weighted by molar-refractivity contribution is 0.155. The maximum Gasteiger partial charge on any atom is 0.413 e. The third kappa shape index (κ3) is 4.06. The summed E-state index contributed by atoms with van der Waals surface area (Å²) in [6, 6.07) is 11.1. The second-order valence-electron chi connectivity index (χ2n) is 7.17. The van der Waals surface area contributed by atoms with E-state index in [1.165, 1.54) is 0 Å². The Morgan fingerprint density at radius 1 is 1.19 bits per heavy atom. The Balaban J connectivity index is 1.49. The zero-order valence-corrected chi connectivity index (χ0v) is 18.4. The minimum Gasteiger partial charge on any atom is -0.496 e. The fourth-order valence-electron chi connectivity index (χ4n) is 3.47. The number of hydrogen-bond donors (Lipinski definition) is 1. The van der Waals surface area contributed by atoms with Crippen molar-refractivity contribution in [3.05, 3.63) is 58.9 Å². The molecule has 0 saturated heterocycles. The van der Waals surface area contributed by atoms with Crippen molar-refractivity contribution >= 4 is 34.5 Å². The van der Waals surface area contributed by atoms with Crippen molar-refractivity contribution < 1.29 is 14.3 Å². The second kappa shape index (κ2) is 8.31. The first-order chi connectivity index (χ1) is 14.9. The van der Waals surface area contributed by atoms with E-state index < -0.39 is 6.09 Å². The molecule has 0 radical (unpaired) electrons. The van der Waals surface area contributed by atoms with E-state index in [1.54, 1.807) is 37.3 Å². The highest BCUT2D eigenvalue weighted by molar-refractivity contribution is 6.30. The number of nitrogens with zero attached hydrogens (tertiary/aromatic N) is 4. The average Bonchev–Trinajstić information content (AvgIpc) is 3.26. The number of rotatable bonds is 5. The van der Waals surface area contributed by atoms with Crippen LogP contribution < -0.4 is 10.1 Å². The van der Waals surface area contributed by atoms with Crippen LogP contribution in [0.2, 0.25) is 5.02 Å². The molecule has 9 heteroatoms. The fraction of sp³-hybridized carbons (Fsp3) is 0.227. The smallest absolute Gasteiger partial charge is 0.413 e. The standard InChI is InChI=1S/C22H22ClN5O3/c1-13-20(16-7-6-15(23)10-19(16)30-4)26-28(3)21(13)25-22(29)31-11-14-5-8-18-17(9-14)24-12-27(18)2/h5-10,12H,11H2,1-4H3,(H,25,29). The highest BCUT2D eigenvalue weighted by Crippen LogP contribution is 2.35. The number of benzene rings is 2. The number of anilines is 1. The van der Waals surface area contributed by atoms with Gasteiger partial charge in [0.1, 0.15) is 23.9 Å². The number of aryl methyl sites for hydroxylation is 2. The molecule has 0 fully saturated rings. The average molecular weight is 440 g/mol. The van der Waals surface area contributed by atoms with Gasteiger partial charge >= 0.3 is 6.09 Å². The number of aromatic nitrogens is 4. The Morgan fingerprint density at radius 3 is 2.77 bits per heavy atom. The molecule has 0 atom stereocenters. The Morgan fingerprint density at radius 2 is 2.00 bits per heavy atom. The topological polar surface area (TPSA) is 83.2 Å². The highest BCUT2D eigenvalue weighted by Gasteiger charge is 2.19. The molecule has 0 aliphatic heterocycles. The van der Waals surface area contributed by atoms with Crippen molar-refractivity contribution in [1.29, 1.82) is 0 Å². The van der Waals surface area contributed by atoms with E-state index >= 15 is 0 Å². The zero-order chi connectivity index (χ0) is 22.1. The summed E-state index contributed by atoms with van der Waals surface area (Å²) in [5.74, 6) is 1.14. The minimum atomic E-state index is -0.568. The molecule has 2 heterocycles. The van der Waals surface area contributed by atoms with Crippen molar-refractivity contribution in [3.8, 4) is 17.0 Å². The van der Waals surface area contributed by atoms with Gasteiger partial charge in [-0.2, -0.15) is 5.10 Å². The van der Waals surface area contributed by atoms with E-state index in [-0.39, 0.29) is 6.61 Å². The van der Waals surface area contributed by atoms with Crippen LogP contribution >= 0.6 is 11.6 Å². The van der Waals surface area contributed by atoms with Crippen LogP contribution in [0.5, 0.6) is 5.75 Å². The predicted octanol–water partition coefficient (Wildman–Crippen LogP) is 4.69. The lowest BCUT2D eigenvalue weighted by atomic mass is 10.1. The monoisotopic (exact) mass is 439 g/mol. The summed E-state index contributed by atoms with van der Waals surface area (Å²) in [5, 5.41) is 7.89. The Kier molecular flexibility index (Phi) is 5.56. The fourth-order valence-corrected chi connectivity index (χ4v) is 3.64. The first kappa shape index (κ1) is 20.7. The van der Waals surface area contributed by atoms with E-state index in [2.05, 4.69) is 15.4 Å². The van der Waals surface area contributed by atoms with Crippen molar-refractivity contribution in [1.82, 2.24) is 19.3 Å². The van der Waals surface area contributed by atoms with Gasteiger partial charge < -0.3 is 14.0 Å². The van der Waals surface area contributed by atoms with E-state index in [0.717, 1.165) is 27.7 Å². The van der Waals surface area contributed by atoms with Gasteiger partial charge in [-0.15, -0.1) is 0 Å². The molecule has 31 heavy (non-hydrogen) atoms. The molecule has 0 aliphatic rings. The number of imidazole rings is 1. The van der Waals surface area contributed by atoms with Crippen molar-refractivity contribution in [2.24, 2.45) is 14.1 Å². The quantitative estimate of drug-likeness (QED) is 0.487. The molecule has 0 unspecified atom stereocenters. The first-order valence-corrected chi connectivity index (χ1v) is 9.96. The molecule has 0 saturated carbocycles. The van der Waals surface area contributed by atoms with Crippen LogP contribution in [-0.4, -0.2) is 32.5 Å². The summed E-state index contributed by atoms with van der Waals surface area (Å²) in [6.45, 7) is 2.01. The van der Waals surface area contributed by atoms with E-state index in [0.29, 0.717) is 22.3 Å². The normalized spacial score (nSPS) is 11.0. The van der Waals surface area contributed by atoms with Gasteiger partial charge in [-0.25, -0.2) is 9.78 Å². The molecular weight excluding hydrogens is 418 g/mol. The second-order valence-corrected chi connectivity index (χ2v) is 7.61. The molecule has 2 aromatic heterocycles. The van der Waals surface area contributed by atoms with Crippen LogP contribution in [0.25, 0.3) is 22.3 Å². The van der Waals surface area contributed by atoms with Crippen molar-refractivity contribution in [2.45, 2.75) is 13.5 Å². The minimum absolute atomic E-state index is 0.132. The number of methoxy groups -OCH3 is 1. The third-order valence-electron chi connectivity index (χ3n) is 5.08. The lowest BCUT2D eigenvalue weighted by Crippen LogP contribution is -2.16. The van der Waals surface area contributed by atoms with Gasteiger partial charge in [0.2, 0.25) is 0 Å². The Hall–Kier alpha value is -3.52. The number of carbonyl (C=O) groups is 1. The van der Waals surface area contributed by atoms with Crippen LogP contribution in [-0.2, 0) is 25.4 Å². The maximum absolute atomic E-state index is 12.4. The van der Waals surface area contributed by atoms with Crippen molar-refractivity contribution in [3.63, 3.8) is 0 Å². The molecule has 8 nitrogen and oxygen atoms in total. The number of carbonyl (C=O) groups excluding carboxylic acids is 1. The molecule has 0 aliphatic carbocycles. The summed E-state index contributed by atoms with van der Waals surface area (Å²) in [5.41, 5.74) is 4.98. The largest absolute Gasteiger partial charge is 0.496 e. The number of halogens is 1. The third-order valence-corrected chi connectivity index (χ3v) is 5.32. The van der Waals surface area contributed by atoms with Gasteiger partial charge in [0.15, 0.2) is 0 Å². The number of amides is 1. The van der Waals surface area contributed by atoms with Crippen LogP contribution in [0.3, 0.4) is 0 Å². The molecule has 4 rings (SSSR count). The molecule has 4 aromatic rings. The summed E-state index contributed by atoms with van der Waals surface area (Å²) < 4.78 is 14.4. The molecule has 1 N–H and O–H groups in total. The van der Waals surface area contributed by atoms with E-state index in [4.69, 9.17) is 21.1 Å². The number of fused-ring (bicyclic) bond motifs is 1. The highest BCUT2D eigenvalue weighted by atomic mass is 35.5. The zero-order valence-electron chi connectivity index (χ0n) is 17.6. The van der Waals surface area contributed by atoms with Gasteiger partial charge in [0, 0.05) is 30.2 Å². The summed E-state index contributed by atoms with van der Waals surface area (Å²) in [7, 11) is 5.26. The molecule has 1 amide bonds. The number of ether oxygens (including phenoxy) is 2. The Bertz CT molecular complexity index is 1280. The lowest BCUT2D eigenvalue weighted by Gasteiger charge is -2.09. The molecule has 0 bridgehead atoms. The van der Waals surface area contributed by atoms with Crippen molar-refractivity contribution in [2.75, 3.05) is 12.4 Å².